The third-order valence-electron chi connectivity index (χ3n) is 1.61. The van der Waals surface area contributed by atoms with Crippen molar-refractivity contribution in [2.24, 2.45) is 11.0 Å². The van der Waals surface area contributed by atoms with Crippen LogP contribution in [-0.4, -0.2) is 26.2 Å². The zero-order valence-corrected chi connectivity index (χ0v) is 8.96. The van der Waals surface area contributed by atoms with Crippen molar-refractivity contribution in [3.05, 3.63) is 10.4 Å². The Morgan fingerprint density at radius 2 is 2.07 bits per heavy atom. The Morgan fingerprint density at radius 1 is 1.33 bits per heavy atom. The van der Waals surface area contributed by atoms with Crippen LogP contribution in [0.25, 0.3) is 10.4 Å². The molecule has 0 aliphatic rings. The van der Waals surface area contributed by atoms with Crippen LogP contribution in [0.5, 0.6) is 0 Å². The van der Waals surface area contributed by atoms with E-state index in [0.717, 1.165) is 32.5 Å². The van der Waals surface area contributed by atoms with Crippen molar-refractivity contribution in [3.63, 3.8) is 0 Å². The Bertz CT molecular complexity index is 185. The van der Waals surface area contributed by atoms with Gasteiger partial charge in [-0.25, -0.2) is 0 Å². The number of hydrogen-bond acceptors (Lipinski definition) is 5. The second-order valence-corrected chi connectivity index (χ2v) is 2.77. The lowest BCUT2D eigenvalue weighted by Crippen LogP contribution is -2.25. The van der Waals surface area contributed by atoms with Crippen LogP contribution < -0.4 is 5.73 Å². The van der Waals surface area contributed by atoms with Crippen LogP contribution in [0.3, 0.4) is 0 Å². The molecule has 0 saturated carbocycles. The topological polar surface area (TPSA) is 102 Å². The van der Waals surface area contributed by atoms with Gasteiger partial charge in [-0.2, -0.15) is 0 Å². The van der Waals surface area contributed by atoms with Crippen molar-refractivity contribution >= 4 is 0 Å². The smallest absolute Gasteiger partial charge is 0.265 e. The van der Waals surface area contributed by atoms with Crippen molar-refractivity contribution in [2.45, 2.75) is 32.6 Å². The Kier molecular flexibility index (Phi) is 10.3. The van der Waals surface area contributed by atoms with Gasteiger partial charge in [0.05, 0.1) is 6.61 Å². The van der Waals surface area contributed by atoms with Crippen molar-refractivity contribution < 1.29 is 14.3 Å². The monoisotopic (exact) mass is 218 g/mol. The molecule has 0 bridgehead atoms. The molecule has 0 aromatic heterocycles. The Labute approximate surface area is 89.1 Å². The van der Waals surface area contributed by atoms with E-state index in [9.17, 15) is 0 Å². The molecule has 0 amide bonds. The summed E-state index contributed by atoms with van der Waals surface area (Å²) in [6.45, 7) is 3.97. The fraction of sp³-hybridized carbons (Fsp3) is 1.00. The molecule has 0 fully saturated rings. The molecule has 15 heavy (non-hydrogen) atoms. The summed E-state index contributed by atoms with van der Waals surface area (Å²) in [7, 11) is 0. The summed E-state index contributed by atoms with van der Waals surface area (Å²) < 4.78 is 10.2. The van der Waals surface area contributed by atoms with Crippen LogP contribution in [0.1, 0.15) is 26.2 Å². The van der Waals surface area contributed by atoms with Crippen LogP contribution in [-0.2, 0) is 14.3 Å². The Balaban J connectivity index is 3.12. The third-order valence-corrected chi connectivity index (χ3v) is 1.61. The normalized spacial score (nSPS) is 11.9. The number of ether oxygens (including phenoxy) is 2. The van der Waals surface area contributed by atoms with Gasteiger partial charge in [0.2, 0.25) is 0 Å². The molecular weight excluding hydrogens is 200 g/mol. The van der Waals surface area contributed by atoms with Crippen LogP contribution in [0, 0.1) is 0 Å². The molecule has 7 nitrogen and oxygen atoms in total. The maximum absolute atomic E-state index is 7.92. The van der Waals surface area contributed by atoms with Crippen molar-refractivity contribution in [3.8, 4) is 0 Å². The molecule has 1 atom stereocenters. The summed E-state index contributed by atoms with van der Waals surface area (Å²) >= 11 is 0. The number of hydrogen-bond donors (Lipinski definition) is 1. The highest BCUT2D eigenvalue weighted by Crippen LogP contribution is 1.98. The lowest BCUT2D eigenvalue weighted by atomic mass is 10.2. The second kappa shape index (κ2) is 11.1. The lowest BCUT2D eigenvalue weighted by molar-refractivity contribution is -0.140. The molecule has 0 radical (unpaired) electrons. The van der Waals surface area contributed by atoms with Gasteiger partial charge in [-0.3, -0.25) is 5.73 Å². The minimum atomic E-state index is -0.979. The quantitative estimate of drug-likeness (QED) is 0.150. The molecule has 0 rings (SSSR count). The first kappa shape index (κ1) is 14.0. The largest absolute Gasteiger partial charge is 0.389 e. The van der Waals surface area contributed by atoms with Gasteiger partial charge in [-0.1, -0.05) is 0 Å². The highest BCUT2D eigenvalue weighted by Gasteiger charge is 1.99. The summed E-state index contributed by atoms with van der Waals surface area (Å²) in [5, 5.41) is 2.82. The minimum absolute atomic E-state index is 0.480. The molecule has 88 valence electrons. The van der Waals surface area contributed by atoms with Crippen molar-refractivity contribution in [1.29, 1.82) is 0 Å². The molecule has 0 spiro atoms. The first-order valence-electron chi connectivity index (χ1n) is 4.96. The lowest BCUT2D eigenvalue weighted by Gasteiger charge is -2.09. The molecule has 2 N–H and O–H groups in total. The molecule has 1 unspecified atom stereocenters. The van der Waals surface area contributed by atoms with E-state index in [1.165, 1.54) is 0 Å². The zero-order chi connectivity index (χ0) is 11.4. The van der Waals surface area contributed by atoms with E-state index in [4.69, 9.17) is 20.7 Å². The summed E-state index contributed by atoms with van der Waals surface area (Å²) in [6, 6.07) is 0. The fourth-order valence-electron chi connectivity index (χ4n) is 0.925. The maximum atomic E-state index is 7.92. The average molecular weight is 218 g/mol. The van der Waals surface area contributed by atoms with Crippen LogP contribution in [0.15, 0.2) is 5.28 Å². The molecule has 0 aromatic carbocycles. The van der Waals surface area contributed by atoms with E-state index in [2.05, 4.69) is 15.0 Å². The van der Waals surface area contributed by atoms with E-state index in [1.54, 1.807) is 0 Å². The number of rotatable bonds is 10. The van der Waals surface area contributed by atoms with Crippen LogP contribution in [0.2, 0.25) is 0 Å². The predicted octanol–water partition coefficient (Wildman–Crippen LogP) is 1.69. The first-order chi connectivity index (χ1) is 7.31. The predicted molar refractivity (Wildman–Crippen MR) is 54.5 cm³/mol. The van der Waals surface area contributed by atoms with Crippen molar-refractivity contribution in [2.75, 3.05) is 19.8 Å². The van der Waals surface area contributed by atoms with E-state index in [1.807, 2.05) is 6.92 Å². The minimum Gasteiger partial charge on any atom is -0.389 e. The zero-order valence-electron chi connectivity index (χ0n) is 8.96. The van der Waals surface area contributed by atoms with E-state index < -0.39 is 6.41 Å². The molecule has 0 aliphatic heterocycles. The molecule has 0 saturated heterocycles. The van der Waals surface area contributed by atoms with Gasteiger partial charge in [0.25, 0.3) is 6.41 Å². The Morgan fingerprint density at radius 3 is 2.73 bits per heavy atom. The molecule has 7 heteroatoms. The van der Waals surface area contributed by atoms with Crippen molar-refractivity contribution in [1.82, 2.24) is 0 Å². The standard InChI is InChI=1S/C8H18N4O3/c1-2-13-6-4-3-5-7-14-8(9)15-12-11-10/h8H,2-7,9H2,1H3. The molecular formula is C8H18N4O3. The summed E-state index contributed by atoms with van der Waals surface area (Å²) in [5.74, 6) is 0. The highest BCUT2D eigenvalue weighted by atomic mass is 16.8. The van der Waals surface area contributed by atoms with Crippen LogP contribution in [0.4, 0.5) is 0 Å². The van der Waals surface area contributed by atoms with E-state index in [0.29, 0.717) is 6.61 Å². The average Bonchev–Trinajstić information content (AvgIpc) is 2.25. The van der Waals surface area contributed by atoms with Gasteiger partial charge >= 0.3 is 0 Å². The van der Waals surface area contributed by atoms with Gasteiger partial charge < -0.3 is 14.3 Å². The summed E-state index contributed by atoms with van der Waals surface area (Å²) in [6.07, 6.45) is 1.91. The number of nitrogens with two attached hydrogens (primary N) is 1. The number of azide groups is 1. The van der Waals surface area contributed by atoms with Gasteiger partial charge in [-0.05, 0) is 31.7 Å². The first-order valence-corrected chi connectivity index (χ1v) is 4.96. The van der Waals surface area contributed by atoms with Gasteiger partial charge in [0.15, 0.2) is 0 Å². The van der Waals surface area contributed by atoms with E-state index in [-0.39, 0.29) is 0 Å². The number of nitrogens with zero attached hydrogens (tertiary/aromatic N) is 3. The second-order valence-electron chi connectivity index (χ2n) is 2.77. The Hall–Kier alpha value is -1.01. The summed E-state index contributed by atoms with van der Waals surface area (Å²) in [4.78, 5) is 6.76. The van der Waals surface area contributed by atoms with Gasteiger partial charge in [-0.15, -0.1) is 0 Å². The van der Waals surface area contributed by atoms with Gasteiger partial charge in [0.1, 0.15) is 5.28 Å². The molecule has 0 aromatic rings. The molecule has 0 aliphatic carbocycles. The van der Waals surface area contributed by atoms with Crippen LogP contribution >= 0.6 is 0 Å². The third kappa shape index (κ3) is 10.9. The number of unbranched alkanes of at least 4 members (excludes halogenated alkanes) is 2. The fourth-order valence-corrected chi connectivity index (χ4v) is 0.925. The molecule has 0 heterocycles. The SMILES string of the molecule is CCOCCCCCOC(N)ON=[N+]=[N-]. The maximum Gasteiger partial charge on any atom is 0.265 e. The van der Waals surface area contributed by atoms with E-state index >= 15 is 0 Å². The highest BCUT2D eigenvalue weighted by molar-refractivity contribution is 4.41. The van der Waals surface area contributed by atoms with Gasteiger partial charge in [0, 0.05) is 18.1 Å². The summed E-state index contributed by atoms with van der Waals surface area (Å²) in [5.41, 5.74) is 13.2.